The summed E-state index contributed by atoms with van der Waals surface area (Å²) in [5.41, 5.74) is 3.95. The molecule has 1 aliphatic heterocycles. The smallest absolute Gasteiger partial charge is 0.255 e. The molecule has 1 heterocycles. The first-order chi connectivity index (χ1) is 16.7. The number of nitrogens with one attached hydrogen (secondary N) is 1. The number of amides is 1. The van der Waals surface area contributed by atoms with Crippen LogP contribution in [0.15, 0.2) is 78.9 Å². The maximum atomic E-state index is 12.6. The largest absolute Gasteiger partial charge is 0.396 e. The number of benzene rings is 3. The van der Waals surface area contributed by atoms with Crippen molar-refractivity contribution in [1.29, 1.82) is 0 Å². The van der Waals surface area contributed by atoms with Crippen molar-refractivity contribution < 1.29 is 24.5 Å². The van der Waals surface area contributed by atoms with E-state index in [1.54, 1.807) is 23.9 Å². The summed E-state index contributed by atoms with van der Waals surface area (Å²) >= 11 is 1.65. The van der Waals surface area contributed by atoms with Crippen molar-refractivity contribution in [2.75, 3.05) is 23.4 Å². The minimum absolute atomic E-state index is 0.000537. The van der Waals surface area contributed by atoms with Crippen LogP contribution in [0.5, 0.6) is 0 Å². The van der Waals surface area contributed by atoms with Gasteiger partial charge in [0.25, 0.3) is 5.91 Å². The molecule has 7 heteroatoms. The van der Waals surface area contributed by atoms with Gasteiger partial charge in [0, 0.05) is 34.7 Å². The molecule has 0 aliphatic carbocycles. The number of thioether (sulfide) groups is 1. The molecule has 6 nitrogen and oxygen atoms in total. The lowest BCUT2D eigenvalue weighted by molar-refractivity contribution is -0.245. The molecule has 3 unspecified atom stereocenters. The Morgan fingerprint density at radius 2 is 1.74 bits per heavy atom. The summed E-state index contributed by atoms with van der Waals surface area (Å²) < 4.78 is 12.6. The summed E-state index contributed by atoms with van der Waals surface area (Å²) in [6.07, 6.45) is -0.128. The molecule has 1 amide bonds. The van der Waals surface area contributed by atoms with E-state index in [9.17, 15) is 9.90 Å². The first-order valence-electron chi connectivity index (χ1n) is 11.3. The molecule has 0 bridgehead atoms. The zero-order valence-corrected chi connectivity index (χ0v) is 19.6. The molecule has 0 spiro atoms. The molecule has 3 aromatic carbocycles. The van der Waals surface area contributed by atoms with E-state index in [2.05, 4.69) is 5.32 Å². The highest BCUT2D eigenvalue weighted by Crippen LogP contribution is 2.39. The van der Waals surface area contributed by atoms with E-state index in [0.29, 0.717) is 23.4 Å². The van der Waals surface area contributed by atoms with Gasteiger partial charge in [-0.1, -0.05) is 54.6 Å². The Morgan fingerprint density at radius 3 is 2.47 bits per heavy atom. The molecular weight excluding hydrogens is 450 g/mol. The molecule has 178 valence electrons. The zero-order valence-electron chi connectivity index (χ0n) is 18.8. The van der Waals surface area contributed by atoms with Crippen LogP contribution < -0.4 is 5.32 Å². The van der Waals surface area contributed by atoms with Crippen molar-refractivity contribution >= 4 is 23.4 Å². The normalized spacial score (nSPS) is 20.1. The minimum Gasteiger partial charge on any atom is -0.396 e. The number of anilines is 1. The third kappa shape index (κ3) is 6.46. The van der Waals surface area contributed by atoms with E-state index >= 15 is 0 Å². The van der Waals surface area contributed by atoms with Gasteiger partial charge in [-0.25, -0.2) is 0 Å². The van der Waals surface area contributed by atoms with Gasteiger partial charge in [-0.3, -0.25) is 4.79 Å². The Hall–Kier alpha value is -2.68. The fourth-order valence-electron chi connectivity index (χ4n) is 3.86. The second kappa shape index (κ2) is 12.1. The van der Waals surface area contributed by atoms with E-state index in [1.807, 2.05) is 66.7 Å². The van der Waals surface area contributed by atoms with E-state index in [0.717, 1.165) is 22.4 Å². The molecule has 1 aliphatic rings. The molecule has 0 aromatic heterocycles. The van der Waals surface area contributed by atoms with E-state index in [4.69, 9.17) is 14.6 Å². The minimum atomic E-state index is -0.593. The molecule has 1 fully saturated rings. The van der Waals surface area contributed by atoms with Gasteiger partial charge < -0.3 is 25.0 Å². The lowest BCUT2D eigenvalue weighted by atomic mass is 10.0. The molecule has 3 aromatic rings. The summed E-state index contributed by atoms with van der Waals surface area (Å²) in [5.74, 6) is 1.22. The molecular formula is C27H29NO5S. The topological polar surface area (TPSA) is 88.0 Å². The highest BCUT2D eigenvalue weighted by atomic mass is 32.2. The van der Waals surface area contributed by atoms with Crippen LogP contribution in [0.1, 0.15) is 45.9 Å². The Bertz CT molecular complexity index is 1060. The molecule has 1 saturated heterocycles. The van der Waals surface area contributed by atoms with Crippen molar-refractivity contribution in [2.24, 2.45) is 0 Å². The van der Waals surface area contributed by atoms with Gasteiger partial charge in [-0.15, -0.1) is 0 Å². The van der Waals surface area contributed by atoms with Gasteiger partial charge in [-0.2, -0.15) is 11.8 Å². The molecule has 3 N–H and O–H groups in total. The standard InChI is InChI=1S/C27H29NO5S/c29-13-14-34-18-24-16-25(20-11-9-19(17-30)10-12-20)33-27(32-24)22-7-4-8-23(15-22)28-26(31)21-5-2-1-3-6-21/h1-12,15,24-25,27,29-30H,13-14,16-18H2,(H,28,31). The van der Waals surface area contributed by atoms with Crippen LogP contribution in [0.2, 0.25) is 0 Å². The van der Waals surface area contributed by atoms with Gasteiger partial charge in [0.15, 0.2) is 6.29 Å². The maximum absolute atomic E-state index is 12.6. The number of carbonyl (C=O) groups is 1. The van der Waals surface area contributed by atoms with Crippen LogP contribution in [0.3, 0.4) is 0 Å². The quantitative estimate of drug-likeness (QED) is 0.386. The summed E-state index contributed by atoms with van der Waals surface area (Å²) in [4.78, 5) is 12.6. The number of carbonyl (C=O) groups excluding carboxylic acids is 1. The molecule has 34 heavy (non-hydrogen) atoms. The monoisotopic (exact) mass is 479 g/mol. The predicted octanol–water partition coefficient (Wildman–Crippen LogP) is 4.70. The van der Waals surface area contributed by atoms with Crippen molar-refractivity contribution in [2.45, 2.75) is 31.5 Å². The van der Waals surface area contributed by atoms with Crippen LogP contribution in [-0.2, 0) is 16.1 Å². The van der Waals surface area contributed by atoms with Gasteiger partial charge in [-0.05, 0) is 35.4 Å². The maximum Gasteiger partial charge on any atom is 0.255 e. The number of hydrogen-bond acceptors (Lipinski definition) is 6. The van der Waals surface area contributed by atoms with Gasteiger partial charge in [0.1, 0.15) is 0 Å². The van der Waals surface area contributed by atoms with Crippen LogP contribution in [-0.4, -0.2) is 40.3 Å². The molecule has 0 saturated carbocycles. The van der Waals surface area contributed by atoms with Crippen molar-refractivity contribution in [1.82, 2.24) is 0 Å². The molecule has 4 rings (SSSR count). The van der Waals surface area contributed by atoms with Gasteiger partial charge in [0.05, 0.1) is 25.4 Å². The molecule has 3 atom stereocenters. The lowest BCUT2D eigenvalue weighted by Gasteiger charge is -2.36. The fraction of sp³-hybridized carbons (Fsp3) is 0.296. The van der Waals surface area contributed by atoms with Crippen LogP contribution in [0, 0.1) is 0 Å². The van der Waals surface area contributed by atoms with Crippen LogP contribution in [0.25, 0.3) is 0 Å². The highest BCUT2D eigenvalue weighted by Gasteiger charge is 2.32. The third-order valence-corrected chi connectivity index (χ3v) is 6.69. The number of rotatable bonds is 9. The Balaban J connectivity index is 1.52. The zero-order chi connectivity index (χ0) is 23.8. The second-order valence-electron chi connectivity index (χ2n) is 8.09. The van der Waals surface area contributed by atoms with Crippen LogP contribution >= 0.6 is 11.8 Å². The number of ether oxygens (including phenoxy) is 2. The number of hydrogen-bond donors (Lipinski definition) is 3. The van der Waals surface area contributed by atoms with E-state index in [-0.39, 0.29) is 31.3 Å². The lowest BCUT2D eigenvalue weighted by Crippen LogP contribution is -2.31. The highest BCUT2D eigenvalue weighted by molar-refractivity contribution is 7.99. The third-order valence-electron chi connectivity index (χ3n) is 5.61. The predicted molar refractivity (Wildman–Crippen MR) is 134 cm³/mol. The molecule has 0 radical (unpaired) electrons. The van der Waals surface area contributed by atoms with Crippen molar-refractivity contribution in [3.05, 3.63) is 101 Å². The first kappa shape index (κ1) is 24.4. The van der Waals surface area contributed by atoms with Crippen LogP contribution in [0.4, 0.5) is 5.69 Å². The van der Waals surface area contributed by atoms with E-state index < -0.39 is 6.29 Å². The van der Waals surface area contributed by atoms with Gasteiger partial charge >= 0.3 is 0 Å². The summed E-state index contributed by atoms with van der Waals surface area (Å²) in [7, 11) is 0. The average Bonchev–Trinajstić information content (AvgIpc) is 2.89. The van der Waals surface area contributed by atoms with Crippen molar-refractivity contribution in [3.63, 3.8) is 0 Å². The van der Waals surface area contributed by atoms with Gasteiger partial charge in [0.2, 0.25) is 0 Å². The Kier molecular flexibility index (Phi) is 8.73. The average molecular weight is 480 g/mol. The number of aliphatic hydroxyl groups is 2. The summed E-state index contributed by atoms with van der Waals surface area (Å²) in [6, 6.07) is 24.4. The van der Waals surface area contributed by atoms with Crippen molar-refractivity contribution in [3.8, 4) is 0 Å². The Labute approximate surface area is 203 Å². The second-order valence-corrected chi connectivity index (χ2v) is 9.24. The summed E-state index contributed by atoms with van der Waals surface area (Å²) in [5, 5.41) is 21.4. The number of aliphatic hydroxyl groups excluding tert-OH is 2. The first-order valence-corrected chi connectivity index (χ1v) is 12.5. The Morgan fingerprint density at radius 1 is 0.941 bits per heavy atom. The SMILES string of the molecule is O=C(Nc1cccc(C2OC(CSCCO)CC(c3ccc(CO)cc3)O2)c1)c1ccccc1. The summed E-state index contributed by atoms with van der Waals surface area (Å²) in [6.45, 7) is 0.131. The van der Waals surface area contributed by atoms with E-state index in [1.165, 1.54) is 0 Å². The fourth-order valence-corrected chi connectivity index (χ4v) is 4.63.